The van der Waals surface area contributed by atoms with E-state index in [4.69, 9.17) is 0 Å². The summed E-state index contributed by atoms with van der Waals surface area (Å²) in [5, 5.41) is 0. The van der Waals surface area contributed by atoms with E-state index in [9.17, 15) is 0 Å². The van der Waals surface area contributed by atoms with Gasteiger partial charge in [0.2, 0.25) is 0 Å². The average molecular weight is 140 g/mol. The zero-order valence-electron chi connectivity index (χ0n) is 4.11. The van der Waals surface area contributed by atoms with Crippen molar-refractivity contribution in [3.63, 3.8) is 0 Å². The van der Waals surface area contributed by atoms with E-state index in [0.717, 1.165) is 0 Å². The molecule has 0 nitrogen and oxygen atoms in total. The maximum atomic E-state index is 1.66. The molecule has 0 N–H and O–H groups in total. The first-order valence-electron chi connectivity index (χ1n) is 2.82. The summed E-state index contributed by atoms with van der Waals surface area (Å²) in [5.74, 6) is 0. The molecule has 0 aromatic rings. The Labute approximate surface area is 47.1 Å². The van der Waals surface area contributed by atoms with Crippen LogP contribution in [-0.4, -0.2) is 17.4 Å². The molecule has 6 heavy (non-hydrogen) atoms. The summed E-state index contributed by atoms with van der Waals surface area (Å²) in [6, 6.07) is 0. The molecule has 1 rings (SSSR count). The fraction of sp³-hybridized carbons (Fsp3) is 1.00. The Balaban J connectivity index is 2.00. The van der Waals surface area contributed by atoms with Crippen LogP contribution in [0.3, 0.4) is 0 Å². The van der Waals surface area contributed by atoms with E-state index in [2.05, 4.69) is 0 Å². The molecule has 0 amide bonds. The molecule has 33 valence electrons. The van der Waals surface area contributed by atoms with Gasteiger partial charge in [-0.1, -0.05) is 0 Å². The van der Waals surface area contributed by atoms with Crippen LogP contribution in [0.1, 0.15) is 19.3 Å². The Kier molecular flexibility index (Phi) is 2.19. The van der Waals surface area contributed by atoms with Gasteiger partial charge < -0.3 is 0 Å². The molecule has 1 heteroatoms. The van der Waals surface area contributed by atoms with Gasteiger partial charge in [-0.15, -0.1) is 0 Å². The topological polar surface area (TPSA) is 0 Å². The molecule has 0 atom stereocenters. The molecule has 1 fully saturated rings. The molecular weight excluding hydrogens is 130 g/mol. The first kappa shape index (κ1) is 4.79. The van der Waals surface area contributed by atoms with E-state index < -0.39 is 0 Å². The van der Waals surface area contributed by atoms with E-state index in [0.29, 0.717) is 17.4 Å². The van der Waals surface area contributed by atoms with Crippen LogP contribution in [0.15, 0.2) is 0 Å². The Morgan fingerprint density at radius 1 is 0.833 bits per heavy atom. The molecule has 0 aromatic heterocycles. The van der Waals surface area contributed by atoms with Gasteiger partial charge in [-0.2, -0.15) is 0 Å². The van der Waals surface area contributed by atoms with Crippen LogP contribution in [-0.2, 0) is 0 Å². The molecular formula is C5H10Ga. The Bertz CT molecular complexity index is 19.4. The first-order valence-corrected chi connectivity index (χ1v) is 6.24. The third-order valence-electron chi connectivity index (χ3n) is 1.32. The van der Waals surface area contributed by atoms with Crippen molar-refractivity contribution in [1.29, 1.82) is 0 Å². The van der Waals surface area contributed by atoms with Crippen molar-refractivity contribution >= 4 is 17.4 Å². The normalized spacial score (nSPS) is 22.7. The summed E-state index contributed by atoms with van der Waals surface area (Å²) in [5.41, 5.74) is 0. The van der Waals surface area contributed by atoms with Crippen molar-refractivity contribution in [2.45, 2.75) is 29.2 Å². The minimum atomic E-state index is 0.385. The molecule has 0 aromatic carbocycles. The Hall–Kier alpha value is 0.636. The summed E-state index contributed by atoms with van der Waals surface area (Å²) in [7, 11) is 0. The molecule has 1 aliphatic rings. The fourth-order valence-electron chi connectivity index (χ4n) is 0.898. The van der Waals surface area contributed by atoms with Crippen molar-refractivity contribution in [2.24, 2.45) is 0 Å². The second-order valence-corrected chi connectivity index (χ2v) is 5.56. The van der Waals surface area contributed by atoms with E-state index >= 15 is 0 Å². The van der Waals surface area contributed by atoms with Gasteiger partial charge in [-0.25, -0.2) is 0 Å². The van der Waals surface area contributed by atoms with Crippen LogP contribution in [0.5, 0.6) is 0 Å². The summed E-state index contributed by atoms with van der Waals surface area (Å²) >= 11 is 0.385. The van der Waals surface area contributed by atoms with Crippen molar-refractivity contribution in [3.8, 4) is 0 Å². The predicted molar refractivity (Wildman–Crippen MR) is 29.2 cm³/mol. The van der Waals surface area contributed by atoms with Crippen molar-refractivity contribution in [2.75, 3.05) is 0 Å². The van der Waals surface area contributed by atoms with Gasteiger partial charge in [0, 0.05) is 0 Å². The van der Waals surface area contributed by atoms with Gasteiger partial charge in [0.05, 0.1) is 0 Å². The number of hydrogen-bond acceptors (Lipinski definition) is 0. The monoisotopic (exact) mass is 139 g/mol. The Morgan fingerprint density at radius 2 is 1.50 bits per heavy atom. The van der Waals surface area contributed by atoms with Crippen molar-refractivity contribution in [1.82, 2.24) is 0 Å². The number of rotatable bonds is 0. The predicted octanol–water partition coefficient (Wildman–Crippen LogP) is 1.71. The second-order valence-electron chi connectivity index (χ2n) is 1.93. The summed E-state index contributed by atoms with van der Waals surface area (Å²) in [4.78, 5) is 3.31. The minimum absolute atomic E-state index is 0.385. The SMILES string of the molecule is C1C[CH2][Ga][CH2]C1. The van der Waals surface area contributed by atoms with E-state index in [1.807, 2.05) is 0 Å². The van der Waals surface area contributed by atoms with E-state index in [1.54, 1.807) is 22.8 Å². The number of hydrogen-bond donors (Lipinski definition) is 0. The van der Waals surface area contributed by atoms with Crippen LogP contribution in [0, 0.1) is 0 Å². The molecule has 0 bridgehead atoms. The van der Waals surface area contributed by atoms with Gasteiger partial charge >= 0.3 is 46.6 Å². The third kappa shape index (κ3) is 1.39. The molecule has 0 aliphatic carbocycles. The first-order chi connectivity index (χ1) is 3.00. The van der Waals surface area contributed by atoms with Gasteiger partial charge in [-0.05, 0) is 0 Å². The molecule has 1 aliphatic heterocycles. The summed E-state index contributed by atoms with van der Waals surface area (Å²) in [6.45, 7) is 0. The zero-order valence-corrected chi connectivity index (χ0v) is 6.54. The van der Waals surface area contributed by atoms with Crippen LogP contribution < -0.4 is 0 Å². The molecule has 0 saturated carbocycles. The quantitative estimate of drug-likeness (QED) is 0.449. The standard InChI is InChI=1S/C5H10.Ga/c1-3-5-4-2;/h1-5H2;. The van der Waals surface area contributed by atoms with E-state index in [-0.39, 0.29) is 0 Å². The van der Waals surface area contributed by atoms with E-state index in [1.165, 1.54) is 6.42 Å². The maximum absolute atomic E-state index is 1.66. The summed E-state index contributed by atoms with van der Waals surface area (Å²) < 4.78 is 0. The molecule has 1 heterocycles. The molecule has 0 spiro atoms. The molecule has 1 saturated heterocycles. The van der Waals surface area contributed by atoms with Gasteiger partial charge in [0.15, 0.2) is 0 Å². The van der Waals surface area contributed by atoms with Gasteiger partial charge in [0.25, 0.3) is 0 Å². The van der Waals surface area contributed by atoms with Crippen LogP contribution in [0.2, 0.25) is 9.95 Å². The van der Waals surface area contributed by atoms with Gasteiger partial charge in [0.1, 0.15) is 0 Å². The van der Waals surface area contributed by atoms with Gasteiger partial charge in [-0.3, -0.25) is 0 Å². The third-order valence-corrected chi connectivity index (χ3v) is 4.74. The zero-order chi connectivity index (χ0) is 4.24. The Morgan fingerprint density at radius 3 is 1.67 bits per heavy atom. The summed E-state index contributed by atoms with van der Waals surface area (Å²) in [6.07, 6.45) is 4.68. The van der Waals surface area contributed by atoms with Crippen LogP contribution >= 0.6 is 0 Å². The second kappa shape index (κ2) is 2.75. The van der Waals surface area contributed by atoms with Crippen molar-refractivity contribution < 1.29 is 0 Å². The molecule has 0 unspecified atom stereocenters. The van der Waals surface area contributed by atoms with Crippen molar-refractivity contribution in [3.05, 3.63) is 0 Å². The van der Waals surface area contributed by atoms with Crippen LogP contribution in [0.25, 0.3) is 0 Å². The van der Waals surface area contributed by atoms with Crippen LogP contribution in [0.4, 0.5) is 0 Å². The molecule has 1 radical (unpaired) electrons. The average Bonchev–Trinajstić information content (AvgIpc) is 1.72. The fourth-order valence-corrected chi connectivity index (χ4v) is 3.93.